The number of aromatic nitrogens is 2. The number of thiophene rings is 1. The molecule has 0 bridgehead atoms. The SMILES string of the molecule is CC(=O)c1ccc(NC(=O)CSc2nc3sc(C)c(C)c3c(=O)n2Cc2ccccc2)cc1. The number of amides is 1. The quantitative estimate of drug-likeness (QED) is 0.229. The lowest BCUT2D eigenvalue weighted by atomic mass is 10.1. The van der Waals surface area contributed by atoms with Crippen LogP contribution in [0.1, 0.15) is 33.3 Å². The molecule has 168 valence electrons. The number of ketones is 1. The molecule has 0 unspecified atom stereocenters. The molecule has 6 nitrogen and oxygen atoms in total. The van der Waals surface area contributed by atoms with Gasteiger partial charge < -0.3 is 5.32 Å². The first-order valence-corrected chi connectivity index (χ1v) is 12.2. The monoisotopic (exact) mass is 477 g/mol. The number of nitrogens with zero attached hydrogens (tertiary/aromatic N) is 2. The van der Waals surface area contributed by atoms with Gasteiger partial charge in [-0.1, -0.05) is 42.1 Å². The molecule has 1 amide bonds. The molecule has 0 fully saturated rings. The molecular formula is C25H23N3O3S2. The summed E-state index contributed by atoms with van der Waals surface area (Å²) in [6.07, 6.45) is 0. The van der Waals surface area contributed by atoms with Crippen molar-refractivity contribution in [3.63, 3.8) is 0 Å². The van der Waals surface area contributed by atoms with E-state index in [0.29, 0.717) is 33.2 Å². The smallest absolute Gasteiger partial charge is 0.263 e. The largest absolute Gasteiger partial charge is 0.325 e. The molecule has 2 aromatic heterocycles. The number of Topliss-reactive ketones (excluding diaryl/α,β-unsaturated/α-hetero) is 1. The Morgan fingerprint density at radius 1 is 1.06 bits per heavy atom. The van der Waals surface area contributed by atoms with Gasteiger partial charge in [0.2, 0.25) is 5.91 Å². The summed E-state index contributed by atoms with van der Waals surface area (Å²) in [7, 11) is 0. The highest BCUT2D eigenvalue weighted by Crippen LogP contribution is 2.28. The van der Waals surface area contributed by atoms with E-state index in [2.05, 4.69) is 5.32 Å². The van der Waals surface area contributed by atoms with Crippen molar-refractivity contribution in [2.75, 3.05) is 11.1 Å². The van der Waals surface area contributed by atoms with E-state index >= 15 is 0 Å². The van der Waals surface area contributed by atoms with Crippen LogP contribution in [0.2, 0.25) is 0 Å². The molecule has 2 heterocycles. The summed E-state index contributed by atoms with van der Waals surface area (Å²) < 4.78 is 1.65. The lowest BCUT2D eigenvalue weighted by Gasteiger charge is -2.12. The van der Waals surface area contributed by atoms with Crippen LogP contribution in [0.3, 0.4) is 0 Å². The third-order valence-electron chi connectivity index (χ3n) is 5.34. The molecule has 1 N–H and O–H groups in total. The Morgan fingerprint density at radius 3 is 2.42 bits per heavy atom. The van der Waals surface area contributed by atoms with Gasteiger partial charge >= 0.3 is 0 Å². The van der Waals surface area contributed by atoms with E-state index in [4.69, 9.17) is 4.98 Å². The fraction of sp³-hybridized carbons (Fsp3) is 0.200. The first-order chi connectivity index (χ1) is 15.8. The zero-order chi connectivity index (χ0) is 23.5. The standard InChI is InChI=1S/C25H23N3O3S2/c1-15-17(3)33-23-22(15)24(31)28(13-18-7-5-4-6-8-18)25(27-23)32-14-21(30)26-20-11-9-19(10-12-20)16(2)29/h4-12H,13-14H2,1-3H3,(H,26,30). The summed E-state index contributed by atoms with van der Waals surface area (Å²) in [5.74, 6) is -0.139. The summed E-state index contributed by atoms with van der Waals surface area (Å²) in [4.78, 5) is 43.9. The number of carbonyl (C=O) groups is 2. The Kier molecular flexibility index (Phi) is 6.76. The van der Waals surface area contributed by atoms with Gasteiger partial charge in [-0.05, 0) is 56.2 Å². The van der Waals surface area contributed by atoms with Crippen molar-refractivity contribution in [2.24, 2.45) is 0 Å². The van der Waals surface area contributed by atoms with Crippen molar-refractivity contribution in [3.8, 4) is 0 Å². The zero-order valence-corrected chi connectivity index (χ0v) is 20.2. The van der Waals surface area contributed by atoms with Crippen molar-refractivity contribution in [1.82, 2.24) is 9.55 Å². The van der Waals surface area contributed by atoms with E-state index in [1.54, 1.807) is 28.8 Å². The number of anilines is 1. The lowest BCUT2D eigenvalue weighted by molar-refractivity contribution is -0.113. The minimum atomic E-state index is -0.213. The molecule has 33 heavy (non-hydrogen) atoms. The van der Waals surface area contributed by atoms with E-state index < -0.39 is 0 Å². The van der Waals surface area contributed by atoms with Gasteiger partial charge in [-0.25, -0.2) is 4.98 Å². The van der Waals surface area contributed by atoms with Crippen molar-refractivity contribution in [2.45, 2.75) is 32.5 Å². The number of aryl methyl sites for hydroxylation is 2. The Hall–Kier alpha value is -3.23. The number of nitrogens with one attached hydrogen (secondary N) is 1. The van der Waals surface area contributed by atoms with Crippen LogP contribution in [0, 0.1) is 13.8 Å². The molecule has 4 aromatic rings. The molecule has 0 aliphatic carbocycles. The highest BCUT2D eigenvalue weighted by Gasteiger charge is 2.18. The Balaban J connectivity index is 1.59. The molecule has 0 saturated carbocycles. The topological polar surface area (TPSA) is 81.1 Å². The van der Waals surface area contributed by atoms with Crippen LogP contribution in [0.5, 0.6) is 0 Å². The normalized spacial score (nSPS) is 11.0. The van der Waals surface area contributed by atoms with Crippen LogP contribution in [0.25, 0.3) is 10.2 Å². The van der Waals surface area contributed by atoms with Gasteiger partial charge in [0.15, 0.2) is 10.9 Å². The second-order valence-electron chi connectivity index (χ2n) is 7.71. The Morgan fingerprint density at radius 2 is 1.76 bits per heavy atom. The minimum Gasteiger partial charge on any atom is -0.325 e. The number of rotatable bonds is 7. The van der Waals surface area contributed by atoms with Crippen LogP contribution in [-0.4, -0.2) is 27.0 Å². The third kappa shape index (κ3) is 5.07. The van der Waals surface area contributed by atoms with Gasteiger partial charge in [0.1, 0.15) is 4.83 Å². The molecule has 0 aliphatic heterocycles. The van der Waals surface area contributed by atoms with Crippen molar-refractivity contribution >= 4 is 50.7 Å². The molecule has 0 radical (unpaired) electrons. The second kappa shape index (κ2) is 9.72. The first-order valence-electron chi connectivity index (χ1n) is 10.4. The number of thioether (sulfide) groups is 1. The van der Waals surface area contributed by atoms with Crippen LogP contribution >= 0.6 is 23.1 Å². The van der Waals surface area contributed by atoms with E-state index in [1.807, 2.05) is 44.2 Å². The van der Waals surface area contributed by atoms with Gasteiger partial charge in [0.05, 0.1) is 17.7 Å². The fourth-order valence-electron chi connectivity index (χ4n) is 3.44. The number of benzene rings is 2. The number of hydrogen-bond acceptors (Lipinski definition) is 6. The average Bonchev–Trinajstić information content (AvgIpc) is 3.09. The third-order valence-corrected chi connectivity index (χ3v) is 7.42. The van der Waals surface area contributed by atoms with E-state index in [1.165, 1.54) is 30.0 Å². The Labute approximate surface area is 199 Å². The number of fused-ring (bicyclic) bond motifs is 1. The maximum Gasteiger partial charge on any atom is 0.263 e. The van der Waals surface area contributed by atoms with Crippen LogP contribution in [0.15, 0.2) is 64.5 Å². The maximum atomic E-state index is 13.4. The van der Waals surface area contributed by atoms with Crippen LogP contribution < -0.4 is 10.9 Å². The highest BCUT2D eigenvalue weighted by molar-refractivity contribution is 7.99. The van der Waals surface area contributed by atoms with Crippen molar-refractivity contribution in [3.05, 3.63) is 86.5 Å². The van der Waals surface area contributed by atoms with Crippen LogP contribution in [0.4, 0.5) is 5.69 Å². The molecule has 4 rings (SSSR count). The molecule has 0 saturated heterocycles. The van der Waals surface area contributed by atoms with Gasteiger partial charge in [-0.3, -0.25) is 19.0 Å². The summed E-state index contributed by atoms with van der Waals surface area (Å²) in [5, 5.41) is 3.99. The van der Waals surface area contributed by atoms with Gasteiger partial charge in [0.25, 0.3) is 5.56 Å². The maximum absolute atomic E-state index is 13.4. The van der Waals surface area contributed by atoms with Gasteiger partial charge in [-0.15, -0.1) is 11.3 Å². The number of carbonyl (C=O) groups excluding carboxylic acids is 2. The van der Waals surface area contributed by atoms with E-state index in [9.17, 15) is 14.4 Å². The fourth-order valence-corrected chi connectivity index (χ4v) is 5.31. The van der Waals surface area contributed by atoms with E-state index in [-0.39, 0.29) is 23.0 Å². The minimum absolute atomic E-state index is 0.0275. The van der Waals surface area contributed by atoms with Gasteiger partial charge in [0, 0.05) is 16.1 Å². The van der Waals surface area contributed by atoms with E-state index in [0.717, 1.165) is 16.0 Å². The predicted molar refractivity (Wildman–Crippen MR) is 135 cm³/mol. The summed E-state index contributed by atoms with van der Waals surface area (Å²) in [6.45, 7) is 5.81. The first kappa shape index (κ1) is 22.9. The lowest BCUT2D eigenvalue weighted by Crippen LogP contribution is -2.24. The zero-order valence-electron chi connectivity index (χ0n) is 18.5. The Bertz CT molecular complexity index is 1390. The van der Waals surface area contributed by atoms with Gasteiger partial charge in [-0.2, -0.15) is 0 Å². The molecule has 8 heteroatoms. The highest BCUT2D eigenvalue weighted by atomic mass is 32.2. The second-order valence-corrected chi connectivity index (χ2v) is 9.85. The molecule has 0 aliphatic rings. The molecule has 2 aromatic carbocycles. The average molecular weight is 478 g/mol. The number of hydrogen-bond donors (Lipinski definition) is 1. The summed E-state index contributed by atoms with van der Waals surface area (Å²) >= 11 is 2.73. The van der Waals surface area contributed by atoms with Crippen molar-refractivity contribution in [1.29, 1.82) is 0 Å². The molecule has 0 atom stereocenters. The summed E-state index contributed by atoms with van der Waals surface area (Å²) in [6, 6.07) is 16.5. The molecular weight excluding hydrogens is 454 g/mol. The predicted octanol–water partition coefficient (Wildman–Crippen LogP) is 5.06. The summed E-state index contributed by atoms with van der Waals surface area (Å²) in [5.41, 5.74) is 3.06. The molecule has 0 spiro atoms. The van der Waals surface area contributed by atoms with Crippen LogP contribution in [-0.2, 0) is 11.3 Å². The van der Waals surface area contributed by atoms with Crippen molar-refractivity contribution < 1.29 is 9.59 Å².